The van der Waals surface area contributed by atoms with Gasteiger partial charge in [0.25, 0.3) is 5.56 Å². The van der Waals surface area contributed by atoms with E-state index in [1.165, 1.54) is 0 Å². The fourth-order valence-corrected chi connectivity index (χ4v) is 4.87. The van der Waals surface area contributed by atoms with Gasteiger partial charge in [-0.2, -0.15) is 0 Å². The van der Waals surface area contributed by atoms with E-state index < -0.39 is 0 Å². The predicted molar refractivity (Wildman–Crippen MR) is 105 cm³/mol. The molecule has 0 saturated carbocycles. The topological polar surface area (TPSA) is 83.0 Å². The van der Waals surface area contributed by atoms with Crippen LogP contribution in [-0.2, 0) is 18.3 Å². The Morgan fingerprint density at radius 3 is 2.52 bits per heavy atom. The number of carbonyl (C=O) groups is 1. The number of amides is 1. The van der Waals surface area contributed by atoms with Crippen LogP contribution in [0, 0.1) is 25.7 Å². The molecule has 2 aliphatic rings. The van der Waals surface area contributed by atoms with Crippen molar-refractivity contribution in [1.82, 2.24) is 25.0 Å². The Labute approximate surface area is 159 Å². The van der Waals surface area contributed by atoms with Gasteiger partial charge in [0.1, 0.15) is 0 Å². The monoisotopic (exact) mass is 371 g/mol. The third-order valence-corrected chi connectivity index (χ3v) is 6.54. The number of nitrogens with zero attached hydrogens (tertiary/aromatic N) is 3. The minimum atomic E-state index is -0.113. The zero-order valence-electron chi connectivity index (χ0n) is 16.5. The van der Waals surface area contributed by atoms with Crippen LogP contribution in [0.1, 0.15) is 36.1 Å². The third kappa shape index (κ3) is 3.29. The largest absolute Gasteiger partial charge is 0.343 e. The molecule has 2 N–H and O–H groups in total. The molecule has 2 aliphatic heterocycles. The number of nitrogens with one attached hydrogen (secondary N) is 2. The molecule has 4 heterocycles. The molecular weight excluding hydrogens is 342 g/mol. The Hall–Kier alpha value is -2.15. The maximum absolute atomic E-state index is 12.8. The Balaban J connectivity index is 1.47. The van der Waals surface area contributed by atoms with E-state index in [9.17, 15) is 9.59 Å². The van der Waals surface area contributed by atoms with Crippen LogP contribution in [0.5, 0.6) is 0 Å². The van der Waals surface area contributed by atoms with E-state index in [-0.39, 0.29) is 11.5 Å². The number of pyridine rings is 1. The number of H-pyrrole nitrogens is 1. The smallest absolute Gasteiger partial charge is 0.273 e. The number of fused-ring (bicyclic) bond motifs is 2. The van der Waals surface area contributed by atoms with E-state index in [0.717, 1.165) is 67.7 Å². The van der Waals surface area contributed by atoms with Gasteiger partial charge >= 0.3 is 0 Å². The molecule has 0 unspecified atom stereocenters. The summed E-state index contributed by atoms with van der Waals surface area (Å²) in [6, 6.07) is 0. The molecule has 0 aromatic carbocycles. The van der Waals surface area contributed by atoms with Gasteiger partial charge in [0.05, 0.1) is 5.39 Å². The highest BCUT2D eigenvalue weighted by Gasteiger charge is 2.31. The molecule has 0 radical (unpaired) electrons. The molecule has 7 heteroatoms. The number of aryl methyl sites for hydroxylation is 3. The van der Waals surface area contributed by atoms with Crippen molar-refractivity contribution in [3.05, 3.63) is 27.2 Å². The first kappa shape index (κ1) is 18.2. The predicted octanol–water partition coefficient (Wildman–Crippen LogP) is 1.27. The molecule has 2 aromatic rings. The molecule has 4 rings (SSSR count). The number of likely N-dealkylation sites (tertiary alicyclic amines) is 1. The molecule has 2 fully saturated rings. The van der Waals surface area contributed by atoms with E-state index in [1.807, 2.05) is 18.7 Å². The summed E-state index contributed by atoms with van der Waals surface area (Å²) in [7, 11) is 1.79. The molecule has 27 heavy (non-hydrogen) atoms. The van der Waals surface area contributed by atoms with E-state index in [0.29, 0.717) is 23.9 Å². The normalized spacial score (nSPS) is 22.9. The number of carbonyl (C=O) groups excluding carboxylic acids is 1. The molecule has 2 aromatic heterocycles. The van der Waals surface area contributed by atoms with E-state index in [2.05, 4.69) is 15.4 Å². The van der Waals surface area contributed by atoms with E-state index >= 15 is 0 Å². The van der Waals surface area contributed by atoms with Crippen molar-refractivity contribution in [2.24, 2.45) is 18.9 Å². The number of hydrogen-bond acceptors (Lipinski definition) is 4. The maximum Gasteiger partial charge on any atom is 0.273 e. The molecule has 0 spiro atoms. The summed E-state index contributed by atoms with van der Waals surface area (Å²) in [6.45, 7) is 7.87. The number of rotatable bonds is 3. The highest BCUT2D eigenvalue weighted by Crippen LogP contribution is 2.28. The van der Waals surface area contributed by atoms with Gasteiger partial charge in [-0.25, -0.2) is 4.98 Å². The van der Waals surface area contributed by atoms with Crippen molar-refractivity contribution >= 4 is 16.9 Å². The van der Waals surface area contributed by atoms with E-state index in [1.54, 1.807) is 11.7 Å². The van der Waals surface area contributed by atoms with E-state index in [4.69, 9.17) is 0 Å². The molecule has 0 aliphatic carbocycles. The van der Waals surface area contributed by atoms with Crippen molar-refractivity contribution in [1.29, 1.82) is 0 Å². The number of aromatic nitrogens is 3. The first-order valence-electron chi connectivity index (χ1n) is 9.99. The van der Waals surface area contributed by atoms with Crippen molar-refractivity contribution < 1.29 is 4.79 Å². The highest BCUT2D eigenvalue weighted by molar-refractivity contribution is 5.81. The van der Waals surface area contributed by atoms with Crippen molar-refractivity contribution in [2.45, 2.75) is 39.5 Å². The zero-order chi connectivity index (χ0) is 19.1. The van der Waals surface area contributed by atoms with Gasteiger partial charge in [0.15, 0.2) is 5.65 Å². The third-order valence-electron chi connectivity index (χ3n) is 6.54. The fourth-order valence-electron chi connectivity index (χ4n) is 4.87. The van der Waals surface area contributed by atoms with Crippen LogP contribution in [0.3, 0.4) is 0 Å². The van der Waals surface area contributed by atoms with Gasteiger partial charge in [-0.1, -0.05) is 0 Å². The standard InChI is InChI=1S/C20H29N5O2/c1-12-16(13(2)22-19-18(12)20(27)23-24(19)3)4-5-17(26)25-8-6-14-10-21-11-15(14)7-9-25/h14-15,21H,4-11H2,1-3H3,(H,23,27)/t14-,15+. The lowest BCUT2D eigenvalue weighted by Gasteiger charge is -2.21. The van der Waals surface area contributed by atoms with Gasteiger partial charge in [0, 0.05) is 32.3 Å². The summed E-state index contributed by atoms with van der Waals surface area (Å²) in [5.41, 5.74) is 3.45. The van der Waals surface area contributed by atoms with Gasteiger partial charge in [-0.3, -0.25) is 19.4 Å². The lowest BCUT2D eigenvalue weighted by Crippen LogP contribution is -2.33. The molecule has 1 amide bonds. The molecular formula is C20H29N5O2. The van der Waals surface area contributed by atoms with Crippen molar-refractivity contribution in [2.75, 3.05) is 26.2 Å². The van der Waals surface area contributed by atoms with Crippen LogP contribution in [0.15, 0.2) is 4.79 Å². The summed E-state index contributed by atoms with van der Waals surface area (Å²) in [6.07, 6.45) is 3.33. The second kappa shape index (κ2) is 7.11. The lowest BCUT2D eigenvalue weighted by atomic mass is 9.92. The van der Waals surface area contributed by atoms with Gasteiger partial charge in [-0.15, -0.1) is 0 Å². The summed E-state index contributed by atoms with van der Waals surface area (Å²) in [5.74, 6) is 1.68. The summed E-state index contributed by atoms with van der Waals surface area (Å²) < 4.78 is 1.66. The second-order valence-corrected chi connectivity index (χ2v) is 8.14. The summed E-state index contributed by atoms with van der Waals surface area (Å²) in [5, 5.41) is 6.89. The van der Waals surface area contributed by atoms with Crippen molar-refractivity contribution in [3.8, 4) is 0 Å². The SMILES string of the molecule is Cc1nc2c(c(C)c1CCC(=O)N1CC[C@@H]3CNC[C@@H]3CC1)c(=O)[nH]n2C. The average molecular weight is 371 g/mol. The Bertz CT molecular complexity index is 915. The Morgan fingerprint density at radius 2 is 1.85 bits per heavy atom. The first-order valence-corrected chi connectivity index (χ1v) is 9.99. The first-order chi connectivity index (χ1) is 13.0. The summed E-state index contributed by atoms with van der Waals surface area (Å²) >= 11 is 0. The molecule has 2 saturated heterocycles. The van der Waals surface area contributed by atoms with Crippen LogP contribution in [-0.4, -0.2) is 51.8 Å². The highest BCUT2D eigenvalue weighted by atomic mass is 16.2. The molecule has 146 valence electrons. The summed E-state index contributed by atoms with van der Waals surface area (Å²) in [4.78, 5) is 31.7. The lowest BCUT2D eigenvalue weighted by molar-refractivity contribution is -0.131. The number of hydrogen-bond donors (Lipinski definition) is 2. The maximum atomic E-state index is 12.8. The second-order valence-electron chi connectivity index (χ2n) is 8.14. The van der Waals surface area contributed by atoms with Gasteiger partial charge < -0.3 is 10.2 Å². The van der Waals surface area contributed by atoms with Crippen LogP contribution in [0.25, 0.3) is 11.0 Å². The van der Waals surface area contributed by atoms with Gasteiger partial charge in [0.2, 0.25) is 5.91 Å². The van der Waals surface area contributed by atoms with Crippen molar-refractivity contribution in [3.63, 3.8) is 0 Å². The minimum absolute atomic E-state index is 0.113. The Morgan fingerprint density at radius 1 is 1.19 bits per heavy atom. The van der Waals surface area contributed by atoms with Crippen LogP contribution in [0.2, 0.25) is 0 Å². The quantitative estimate of drug-likeness (QED) is 0.851. The molecule has 2 atom stereocenters. The molecule has 7 nitrogen and oxygen atoms in total. The van der Waals surface area contributed by atoms with Gasteiger partial charge in [-0.05, 0) is 69.2 Å². The van der Waals surface area contributed by atoms with Crippen LogP contribution >= 0.6 is 0 Å². The Kier molecular flexibility index (Phi) is 4.80. The van der Waals surface area contributed by atoms with Crippen LogP contribution < -0.4 is 10.9 Å². The fraction of sp³-hybridized carbons (Fsp3) is 0.650. The average Bonchev–Trinajstić information content (AvgIpc) is 3.12. The molecule has 0 bridgehead atoms. The zero-order valence-corrected chi connectivity index (χ0v) is 16.5. The minimum Gasteiger partial charge on any atom is -0.343 e. The number of aromatic amines is 1. The van der Waals surface area contributed by atoms with Crippen LogP contribution in [0.4, 0.5) is 0 Å².